The Hall–Kier alpha value is -0.743. The maximum atomic E-state index is 3.71. The summed E-state index contributed by atoms with van der Waals surface area (Å²) in [7, 11) is -1.37. The van der Waals surface area contributed by atoms with Gasteiger partial charge in [-0.25, -0.2) is 0 Å². The van der Waals surface area contributed by atoms with Gasteiger partial charge in [-0.05, 0) is 6.08 Å². The Balaban J connectivity index is 4.16. The van der Waals surface area contributed by atoms with E-state index in [9.17, 15) is 0 Å². The van der Waals surface area contributed by atoms with Crippen molar-refractivity contribution in [3.05, 3.63) is 24.9 Å². The van der Waals surface area contributed by atoms with E-state index in [1.165, 1.54) is 0 Å². The molecule has 9 heavy (non-hydrogen) atoms. The van der Waals surface area contributed by atoms with Crippen LogP contribution in [0.1, 0.15) is 0 Å². The second kappa shape index (κ2) is 3.32. The van der Waals surface area contributed by atoms with Crippen molar-refractivity contribution in [1.82, 2.24) is 0 Å². The average Bonchev–Trinajstić information content (AvgIpc) is 1.84. The zero-order valence-electron chi connectivity index (χ0n) is 6.07. The average molecular weight is 136 g/mol. The summed E-state index contributed by atoms with van der Waals surface area (Å²) in [5.41, 5.74) is 5.07. The van der Waals surface area contributed by atoms with Crippen LogP contribution in [0.15, 0.2) is 24.9 Å². The lowest BCUT2D eigenvalue weighted by Gasteiger charge is -2.04. The highest BCUT2D eigenvalue weighted by Crippen LogP contribution is 1.98. The van der Waals surface area contributed by atoms with Gasteiger partial charge in [0.2, 0.25) is 0 Å². The van der Waals surface area contributed by atoms with Crippen LogP contribution in [-0.2, 0) is 0 Å². The highest BCUT2D eigenvalue weighted by atomic mass is 28.3. The highest BCUT2D eigenvalue weighted by Gasteiger charge is 2.10. The number of rotatable bonds is 1. The summed E-state index contributed by atoms with van der Waals surface area (Å²) in [5.74, 6) is 2.84. The van der Waals surface area contributed by atoms with Crippen LogP contribution in [-0.4, -0.2) is 8.07 Å². The molecule has 1 heteroatoms. The summed E-state index contributed by atoms with van der Waals surface area (Å²) in [6, 6.07) is 0. The second-order valence-electron chi connectivity index (χ2n) is 2.40. The van der Waals surface area contributed by atoms with E-state index in [2.05, 4.69) is 37.7 Å². The van der Waals surface area contributed by atoms with Crippen molar-refractivity contribution in [3.8, 4) is 11.5 Å². The summed E-state index contributed by atoms with van der Waals surface area (Å²) in [6.07, 6.45) is 1.62. The van der Waals surface area contributed by atoms with Gasteiger partial charge in [0.1, 0.15) is 0 Å². The Morgan fingerprint density at radius 3 is 2.22 bits per heavy atom. The van der Waals surface area contributed by atoms with Gasteiger partial charge in [-0.3, -0.25) is 0 Å². The van der Waals surface area contributed by atoms with Crippen molar-refractivity contribution in [3.63, 3.8) is 0 Å². The molecule has 0 aromatic rings. The van der Waals surface area contributed by atoms with E-state index in [1.807, 2.05) is 5.70 Å². The topological polar surface area (TPSA) is 0 Å². The van der Waals surface area contributed by atoms with Crippen LogP contribution in [0.2, 0.25) is 13.1 Å². The molecular weight excluding hydrogens is 124 g/mol. The molecule has 0 aromatic heterocycles. The normalized spacial score (nSPS) is 9.11. The van der Waals surface area contributed by atoms with Crippen LogP contribution in [0, 0.1) is 11.5 Å². The third-order valence-corrected chi connectivity index (χ3v) is 2.82. The Bertz CT molecular complexity index is 167. The van der Waals surface area contributed by atoms with Crippen molar-refractivity contribution >= 4 is 8.07 Å². The Kier molecular flexibility index (Phi) is 3.04. The lowest BCUT2D eigenvalue weighted by Crippen LogP contribution is -2.18. The SMILES string of the molecule is C=CC#C[Si](C)(C)C=C. The van der Waals surface area contributed by atoms with E-state index in [4.69, 9.17) is 0 Å². The zero-order valence-corrected chi connectivity index (χ0v) is 7.07. The summed E-state index contributed by atoms with van der Waals surface area (Å²) in [5, 5.41) is 0. The fraction of sp³-hybridized carbons (Fsp3) is 0.250. The van der Waals surface area contributed by atoms with Crippen molar-refractivity contribution in [2.24, 2.45) is 0 Å². The first-order valence-corrected chi connectivity index (χ1v) is 5.97. The van der Waals surface area contributed by atoms with Gasteiger partial charge < -0.3 is 0 Å². The quantitative estimate of drug-likeness (QED) is 0.383. The molecule has 0 spiro atoms. The molecule has 0 aromatic carbocycles. The molecule has 0 N–H and O–H groups in total. The molecule has 0 bridgehead atoms. The molecule has 0 nitrogen and oxygen atoms in total. The van der Waals surface area contributed by atoms with Gasteiger partial charge in [-0.2, -0.15) is 0 Å². The fourth-order valence-corrected chi connectivity index (χ4v) is 0.864. The predicted octanol–water partition coefficient (Wildman–Crippen LogP) is 2.15. The number of hydrogen-bond acceptors (Lipinski definition) is 0. The van der Waals surface area contributed by atoms with Gasteiger partial charge in [-0.15, -0.1) is 12.1 Å². The predicted molar refractivity (Wildman–Crippen MR) is 45.7 cm³/mol. The molecule has 0 aliphatic rings. The van der Waals surface area contributed by atoms with E-state index in [-0.39, 0.29) is 0 Å². The fourth-order valence-electron chi connectivity index (χ4n) is 0.288. The Morgan fingerprint density at radius 2 is 1.89 bits per heavy atom. The summed E-state index contributed by atoms with van der Waals surface area (Å²) in [6.45, 7) is 11.5. The van der Waals surface area contributed by atoms with Crippen LogP contribution in [0.3, 0.4) is 0 Å². The van der Waals surface area contributed by atoms with Gasteiger partial charge in [0.15, 0.2) is 8.07 Å². The molecule has 0 rings (SSSR count). The van der Waals surface area contributed by atoms with Crippen molar-refractivity contribution in [2.45, 2.75) is 13.1 Å². The Labute approximate surface area is 58.3 Å². The van der Waals surface area contributed by atoms with Crippen LogP contribution < -0.4 is 0 Å². The first-order chi connectivity index (χ1) is 4.12. The van der Waals surface area contributed by atoms with Gasteiger partial charge in [-0.1, -0.05) is 31.3 Å². The largest absolute Gasteiger partial charge is 0.155 e. The summed E-state index contributed by atoms with van der Waals surface area (Å²) in [4.78, 5) is 0. The molecule has 48 valence electrons. The van der Waals surface area contributed by atoms with Gasteiger partial charge in [0, 0.05) is 0 Å². The minimum Gasteiger partial charge on any atom is -0.122 e. The molecule has 0 aliphatic carbocycles. The minimum atomic E-state index is -1.37. The van der Waals surface area contributed by atoms with E-state index in [0.29, 0.717) is 0 Å². The van der Waals surface area contributed by atoms with E-state index in [1.54, 1.807) is 6.08 Å². The van der Waals surface area contributed by atoms with Crippen molar-refractivity contribution in [2.75, 3.05) is 0 Å². The summed E-state index contributed by atoms with van der Waals surface area (Å²) < 4.78 is 0. The first-order valence-electron chi connectivity index (χ1n) is 2.89. The molecule has 0 saturated carbocycles. The van der Waals surface area contributed by atoms with Crippen molar-refractivity contribution < 1.29 is 0 Å². The van der Waals surface area contributed by atoms with E-state index in [0.717, 1.165) is 0 Å². The molecule has 0 aliphatic heterocycles. The third-order valence-electron chi connectivity index (χ3n) is 1.01. The molecule has 0 heterocycles. The lowest BCUT2D eigenvalue weighted by atomic mass is 10.7. The monoisotopic (exact) mass is 136 g/mol. The zero-order chi connectivity index (χ0) is 7.33. The smallest absolute Gasteiger partial charge is 0.122 e. The van der Waals surface area contributed by atoms with Crippen LogP contribution in [0.25, 0.3) is 0 Å². The number of allylic oxidation sites excluding steroid dienone is 1. The third kappa shape index (κ3) is 3.81. The molecule has 0 unspecified atom stereocenters. The highest BCUT2D eigenvalue weighted by molar-refractivity contribution is 6.89. The maximum Gasteiger partial charge on any atom is 0.155 e. The molecule has 0 amide bonds. The summed E-state index contributed by atoms with van der Waals surface area (Å²) >= 11 is 0. The molecule has 0 fully saturated rings. The molecule has 0 saturated heterocycles. The van der Waals surface area contributed by atoms with Crippen LogP contribution in [0.4, 0.5) is 0 Å². The first kappa shape index (κ1) is 8.26. The minimum absolute atomic E-state index is 1.37. The van der Waals surface area contributed by atoms with E-state index >= 15 is 0 Å². The second-order valence-corrected chi connectivity index (χ2v) is 6.50. The van der Waals surface area contributed by atoms with E-state index < -0.39 is 8.07 Å². The molecular formula is C8H12Si. The Morgan fingerprint density at radius 1 is 1.33 bits per heavy atom. The lowest BCUT2D eigenvalue weighted by molar-refractivity contribution is 1.90. The van der Waals surface area contributed by atoms with Crippen molar-refractivity contribution in [1.29, 1.82) is 0 Å². The standard InChI is InChI=1S/C8H12Si/c1-5-7-8-9(3,4)6-2/h5-6H,1-2H2,3-4H3. The van der Waals surface area contributed by atoms with Gasteiger partial charge >= 0.3 is 0 Å². The molecule has 0 atom stereocenters. The van der Waals surface area contributed by atoms with Gasteiger partial charge in [0.25, 0.3) is 0 Å². The van der Waals surface area contributed by atoms with Crippen LogP contribution in [0.5, 0.6) is 0 Å². The van der Waals surface area contributed by atoms with Crippen LogP contribution >= 0.6 is 0 Å². The van der Waals surface area contributed by atoms with Gasteiger partial charge in [0.05, 0.1) is 0 Å². The maximum absolute atomic E-state index is 3.71. The molecule has 0 radical (unpaired) electrons. The number of hydrogen-bond donors (Lipinski definition) is 0.